The first-order valence-corrected chi connectivity index (χ1v) is 7.20. The first kappa shape index (κ1) is 15.1. The molecule has 114 valence electrons. The minimum absolute atomic E-state index is 0.0184. The highest BCUT2D eigenvalue weighted by Gasteiger charge is 2.21. The number of fused-ring (bicyclic) bond motifs is 1. The van der Waals surface area contributed by atoms with Crippen molar-refractivity contribution in [1.29, 1.82) is 15.8 Å². The van der Waals surface area contributed by atoms with E-state index in [-0.39, 0.29) is 12.8 Å². The Bertz CT molecular complexity index is 947. The van der Waals surface area contributed by atoms with E-state index in [1.807, 2.05) is 36.4 Å². The number of rotatable bonds is 4. The molecule has 0 saturated carbocycles. The maximum Gasteiger partial charge on any atom is 0.146 e. The quantitative estimate of drug-likeness (QED) is 0.786. The Hall–Kier alpha value is -3.76. The topological polar surface area (TPSA) is 126 Å². The highest BCUT2D eigenvalue weighted by Crippen LogP contribution is 2.23. The normalized spacial score (nSPS) is 11.4. The molecular weight excluding hydrogens is 302 g/mol. The fourth-order valence-corrected chi connectivity index (χ4v) is 2.42. The van der Waals surface area contributed by atoms with Gasteiger partial charge in [-0.3, -0.25) is 0 Å². The Morgan fingerprint density at radius 1 is 1.00 bits per heavy atom. The molecule has 2 heterocycles. The van der Waals surface area contributed by atoms with Gasteiger partial charge in [-0.15, -0.1) is 0 Å². The molecule has 0 spiro atoms. The van der Waals surface area contributed by atoms with Crippen LogP contribution in [0.5, 0.6) is 0 Å². The first-order valence-electron chi connectivity index (χ1n) is 7.20. The molecule has 7 heteroatoms. The summed E-state index contributed by atoms with van der Waals surface area (Å²) in [5.74, 6) is 0.0510. The fourth-order valence-electron chi connectivity index (χ4n) is 2.42. The number of nitrogens with one attached hydrogen (secondary N) is 1. The number of aromatic amines is 1. The van der Waals surface area contributed by atoms with E-state index in [1.165, 1.54) is 0 Å². The fraction of sp³-hybridized carbons (Fsp3) is 0.176. The summed E-state index contributed by atoms with van der Waals surface area (Å²) < 4.78 is 0. The predicted octanol–water partition coefficient (Wildman–Crippen LogP) is 2.14. The summed E-state index contributed by atoms with van der Waals surface area (Å²) in [6, 6.07) is 15.3. The Labute approximate surface area is 137 Å². The maximum atomic E-state index is 9.60. The molecule has 0 bridgehead atoms. The lowest BCUT2D eigenvalue weighted by Gasteiger charge is -2.08. The van der Waals surface area contributed by atoms with Crippen LogP contribution in [-0.2, 0) is 12.8 Å². The molecule has 1 N–H and O–H groups in total. The number of imidazole rings is 1. The molecule has 0 saturated heterocycles. The van der Waals surface area contributed by atoms with Crippen LogP contribution in [0, 0.1) is 34.0 Å². The molecule has 1 unspecified atom stereocenters. The first-order chi connectivity index (χ1) is 11.7. The standard InChI is InChI=1S/C17H11N7/c18-7-5-11-9-15(22-16(21-11)6-8-19)12(10-20)17-23-13-3-1-2-4-14(13)24-17/h1-4,9,12H,5-6H2,(H,23,24). The molecule has 1 aromatic carbocycles. The molecule has 3 aromatic rings. The largest absolute Gasteiger partial charge is 0.341 e. The van der Waals surface area contributed by atoms with Crippen molar-refractivity contribution in [3.8, 4) is 18.2 Å². The van der Waals surface area contributed by atoms with Crippen molar-refractivity contribution in [2.75, 3.05) is 0 Å². The van der Waals surface area contributed by atoms with Crippen molar-refractivity contribution < 1.29 is 0 Å². The van der Waals surface area contributed by atoms with Gasteiger partial charge in [0.25, 0.3) is 0 Å². The molecule has 0 aliphatic carbocycles. The summed E-state index contributed by atoms with van der Waals surface area (Å²) in [6.07, 6.45) is 0.108. The lowest BCUT2D eigenvalue weighted by molar-refractivity contribution is 0.836. The van der Waals surface area contributed by atoms with Crippen LogP contribution < -0.4 is 0 Å². The third-order valence-electron chi connectivity index (χ3n) is 3.45. The van der Waals surface area contributed by atoms with Crippen LogP contribution in [0.1, 0.15) is 29.0 Å². The molecule has 24 heavy (non-hydrogen) atoms. The van der Waals surface area contributed by atoms with E-state index >= 15 is 0 Å². The number of H-pyrrole nitrogens is 1. The van der Waals surface area contributed by atoms with Gasteiger partial charge in [0.05, 0.1) is 53.5 Å². The molecule has 2 aromatic heterocycles. The maximum absolute atomic E-state index is 9.60. The second kappa shape index (κ2) is 6.56. The molecule has 0 radical (unpaired) electrons. The van der Waals surface area contributed by atoms with Crippen molar-refractivity contribution in [1.82, 2.24) is 19.9 Å². The molecule has 0 amide bonds. The van der Waals surface area contributed by atoms with E-state index in [0.717, 1.165) is 11.0 Å². The third-order valence-corrected chi connectivity index (χ3v) is 3.45. The number of hydrogen-bond acceptors (Lipinski definition) is 6. The monoisotopic (exact) mass is 313 g/mol. The highest BCUT2D eigenvalue weighted by molar-refractivity contribution is 5.75. The second-order valence-electron chi connectivity index (χ2n) is 5.07. The summed E-state index contributed by atoms with van der Waals surface area (Å²) in [6.45, 7) is 0. The van der Waals surface area contributed by atoms with Gasteiger partial charge in [-0.2, -0.15) is 15.8 Å². The number of nitrogens with zero attached hydrogens (tertiary/aromatic N) is 6. The van der Waals surface area contributed by atoms with Gasteiger partial charge in [0, 0.05) is 0 Å². The van der Waals surface area contributed by atoms with Gasteiger partial charge in [0.1, 0.15) is 17.6 Å². The average Bonchev–Trinajstić information content (AvgIpc) is 2.99. The van der Waals surface area contributed by atoms with Crippen LogP contribution in [-0.4, -0.2) is 19.9 Å². The summed E-state index contributed by atoms with van der Waals surface area (Å²) in [4.78, 5) is 16.0. The molecule has 0 aliphatic rings. The predicted molar refractivity (Wildman–Crippen MR) is 84.2 cm³/mol. The third kappa shape index (κ3) is 2.90. The van der Waals surface area contributed by atoms with Crippen LogP contribution in [0.15, 0.2) is 30.3 Å². The summed E-state index contributed by atoms with van der Waals surface area (Å²) in [5.41, 5.74) is 2.51. The SMILES string of the molecule is N#CCc1cc(C(C#N)c2nc3ccccc3[nH]2)nc(CC#N)n1. The van der Waals surface area contributed by atoms with Gasteiger partial charge in [-0.1, -0.05) is 12.1 Å². The second-order valence-corrected chi connectivity index (χ2v) is 5.07. The van der Waals surface area contributed by atoms with E-state index in [1.54, 1.807) is 6.07 Å². The molecule has 3 rings (SSSR count). The van der Waals surface area contributed by atoms with Crippen LogP contribution in [0.3, 0.4) is 0 Å². The molecule has 1 atom stereocenters. The molecule has 0 fully saturated rings. The number of para-hydroxylation sites is 2. The van der Waals surface area contributed by atoms with Crippen molar-refractivity contribution >= 4 is 11.0 Å². The van der Waals surface area contributed by atoms with Crippen LogP contribution >= 0.6 is 0 Å². The Morgan fingerprint density at radius 3 is 2.50 bits per heavy atom. The molecule has 7 nitrogen and oxygen atoms in total. The van der Waals surface area contributed by atoms with Crippen molar-refractivity contribution in [3.05, 3.63) is 53.4 Å². The average molecular weight is 313 g/mol. The summed E-state index contributed by atoms with van der Waals surface area (Å²) >= 11 is 0. The Kier molecular flexibility index (Phi) is 4.14. The van der Waals surface area contributed by atoms with Crippen molar-refractivity contribution in [2.24, 2.45) is 0 Å². The van der Waals surface area contributed by atoms with Gasteiger partial charge in [0.15, 0.2) is 0 Å². The van der Waals surface area contributed by atoms with Crippen molar-refractivity contribution in [3.63, 3.8) is 0 Å². The van der Waals surface area contributed by atoms with E-state index in [0.29, 0.717) is 23.0 Å². The highest BCUT2D eigenvalue weighted by atomic mass is 15.0. The Balaban J connectivity index is 2.08. The zero-order chi connectivity index (χ0) is 16.9. The number of aromatic nitrogens is 4. The van der Waals surface area contributed by atoms with E-state index in [2.05, 4.69) is 26.0 Å². The smallest absolute Gasteiger partial charge is 0.146 e. The lowest BCUT2D eigenvalue weighted by Crippen LogP contribution is -2.09. The number of hydrogen-bond donors (Lipinski definition) is 1. The zero-order valence-electron chi connectivity index (χ0n) is 12.6. The van der Waals surface area contributed by atoms with Gasteiger partial charge in [-0.25, -0.2) is 15.0 Å². The van der Waals surface area contributed by atoms with E-state index in [4.69, 9.17) is 10.5 Å². The zero-order valence-corrected chi connectivity index (χ0v) is 12.6. The summed E-state index contributed by atoms with van der Waals surface area (Å²) in [7, 11) is 0. The van der Waals surface area contributed by atoms with Gasteiger partial charge < -0.3 is 4.98 Å². The number of nitriles is 3. The molecule has 0 aliphatic heterocycles. The van der Waals surface area contributed by atoms with Crippen LogP contribution in [0.2, 0.25) is 0 Å². The van der Waals surface area contributed by atoms with Gasteiger partial charge in [0.2, 0.25) is 0 Å². The van der Waals surface area contributed by atoms with Crippen LogP contribution in [0.25, 0.3) is 11.0 Å². The minimum atomic E-state index is -0.727. The van der Waals surface area contributed by atoms with E-state index in [9.17, 15) is 5.26 Å². The summed E-state index contributed by atoms with van der Waals surface area (Å²) in [5, 5.41) is 27.3. The van der Waals surface area contributed by atoms with Crippen LogP contribution in [0.4, 0.5) is 0 Å². The van der Waals surface area contributed by atoms with Gasteiger partial charge >= 0.3 is 0 Å². The van der Waals surface area contributed by atoms with Gasteiger partial charge in [-0.05, 0) is 18.2 Å². The Morgan fingerprint density at radius 2 is 1.79 bits per heavy atom. The molecular formula is C17H11N7. The van der Waals surface area contributed by atoms with E-state index < -0.39 is 5.92 Å². The van der Waals surface area contributed by atoms with Crippen molar-refractivity contribution in [2.45, 2.75) is 18.8 Å². The lowest BCUT2D eigenvalue weighted by atomic mass is 10.0. The minimum Gasteiger partial charge on any atom is -0.341 e. The number of benzene rings is 1.